The SMILES string of the molecule is O=C(Nc1ccnn1Cc1ccc(Br)cc1)c1ccc(S(=O)(=O)NC2CC2)cc1. The minimum Gasteiger partial charge on any atom is -0.307 e. The maximum Gasteiger partial charge on any atom is 0.256 e. The Labute approximate surface area is 177 Å². The highest BCUT2D eigenvalue weighted by Crippen LogP contribution is 2.22. The number of sulfonamides is 1. The summed E-state index contributed by atoms with van der Waals surface area (Å²) in [5, 5.41) is 7.09. The van der Waals surface area contributed by atoms with E-state index >= 15 is 0 Å². The topological polar surface area (TPSA) is 93.1 Å². The highest BCUT2D eigenvalue weighted by Gasteiger charge is 2.28. The first-order valence-electron chi connectivity index (χ1n) is 9.11. The van der Waals surface area contributed by atoms with Crippen LogP contribution >= 0.6 is 15.9 Å². The molecule has 0 saturated heterocycles. The predicted molar refractivity (Wildman–Crippen MR) is 113 cm³/mol. The summed E-state index contributed by atoms with van der Waals surface area (Å²) in [6.07, 6.45) is 3.36. The zero-order valence-corrected chi connectivity index (χ0v) is 17.8. The zero-order chi connectivity index (χ0) is 20.4. The van der Waals surface area contributed by atoms with E-state index in [0.29, 0.717) is 17.9 Å². The number of benzene rings is 2. The number of aromatic nitrogens is 2. The third kappa shape index (κ3) is 4.92. The molecular formula is C20H19BrN4O3S. The lowest BCUT2D eigenvalue weighted by Gasteiger charge is -2.10. The van der Waals surface area contributed by atoms with Gasteiger partial charge in [0.1, 0.15) is 5.82 Å². The molecule has 2 N–H and O–H groups in total. The summed E-state index contributed by atoms with van der Waals surface area (Å²) >= 11 is 3.41. The Hall–Kier alpha value is -2.49. The minimum absolute atomic E-state index is 0.0361. The largest absolute Gasteiger partial charge is 0.307 e. The van der Waals surface area contributed by atoms with Crippen LogP contribution in [-0.2, 0) is 16.6 Å². The van der Waals surface area contributed by atoms with Gasteiger partial charge < -0.3 is 5.32 Å². The van der Waals surface area contributed by atoms with Crippen molar-refractivity contribution < 1.29 is 13.2 Å². The van der Waals surface area contributed by atoms with Crippen molar-refractivity contribution in [3.63, 3.8) is 0 Å². The van der Waals surface area contributed by atoms with E-state index < -0.39 is 10.0 Å². The normalized spacial score (nSPS) is 14.0. The van der Waals surface area contributed by atoms with Crippen molar-refractivity contribution in [3.8, 4) is 0 Å². The number of rotatable bonds is 7. The molecule has 0 spiro atoms. The third-order valence-electron chi connectivity index (χ3n) is 4.53. The number of hydrogen-bond donors (Lipinski definition) is 2. The van der Waals surface area contributed by atoms with Gasteiger partial charge >= 0.3 is 0 Å². The van der Waals surface area contributed by atoms with Crippen molar-refractivity contribution in [2.24, 2.45) is 0 Å². The third-order valence-corrected chi connectivity index (χ3v) is 6.59. The molecule has 3 aromatic rings. The fourth-order valence-electron chi connectivity index (χ4n) is 2.79. The van der Waals surface area contributed by atoms with Crippen LogP contribution in [0.25, 0.3) is 0 Å². The molecule has 29 heavy (non-hydrogen) atoms. The van der Waals surface area contributed by atoms with E-state index in [1.807, 2.05) is 24.3 Å². The average Bonchev–Trinajstić information content (AvgIpc) is 3.41. The standard InChI is InChI=1S/C20H19BrN4O3S/c21-16-5-1-14(2-6-16)13-25-19(11-12-22-25)23-20(26)15-3-9-18(10-4-15)29(27,28)24-17-7-8-17/h1-6,9-12,17,24H,7-8,13H2,(H,23,26). The molecule has 0 aliphatic heterocycles. The van der Waals surface area contributed by atoms with Crippen molar-refractivity contribution in [1.82, 2.24) is 14.5 Å². The van der Waals surface area contributed by atoms with Crippen LogP contribution < -0.4 is 10.0 Å². The summed E-state index contributed by atoms with van der Waals surface area (Å²) in [6.45, 7) is 0.514. The van der Waals surface area contributed by atoms with Crippen LogP contribution in [0.1, 0.15) is 28.8 Å². The van der Waals surface area contributed by atoms with E-state index in [1.54, 1.807) is 16.9 Å². The number of hydrogen-bond acceptors (Lipinski definition) is 4. The van der Waals surface area contributed by atoms with Crippen LogP contribution in [0.3, 0.4) is 0 Å². The maximum absolute atomic E-state index is 12.6. The second-order valence-corrected chi connectivity index (χ2v) is 9.50. The smallest absolute Gasteiger partial charge is 0.256 e. The zero-order valence-electron chi connectivity index (χ0n) is 15.4. The number of carbonyl (C=O) groups is 1. The van der Waals surface area contributed by atoms with Gasteiger partial charge in [0.15, 0.2) is 0 Å². The quantitative estimate of drug-likeness (QED) is 0.548. The van der Waals surface area contributed by atoms with Crippen LogP contribution in [0, 0.1) is 0 Å². The number of nitrogens with one attached hydrogen (secondary N) is 2. The van der Waals surface area contributed by atoms with Gasteiger partial charge in [-0.15, -0.1) is 0 Å². The van der Waals surface area contributed by atoms with Gasteiger partial charge in [-0.3, -0.25) is 4.79 Å². The van der Waals surface area contributed by atoms with Gasteiger partial charge in [-0.05, 0) is 54.8 Å². The molecule has 1 aromatic heterocycles. The molecule has 7 nitrogen and oxygen atoms in total. The lowest BCUT2D eigenvalue weighted by Crippen LogP contribution is -2.25. The van der Waals surface area contributed by atoms with Crippen LogP contribution in [0.4, 0.5) is 5.82 Å². The lowest BCUT2D eigenvalue weighted by atomic mass is 10.2. The Kier molecular flexibility index (Phi) is 5.53. The second-order valence-electron chi connectivity index (χ2n) is 6.87. The summed E-state index contributed by atoms with van der Waals surface area (Å²) in [7, 11) is -3.53. The summed E-state index contributed by atoms with van der Waals surface area (Å²) < 4.78 is 29.8. The van der Waals surface area contributed by atoms with Gasteiger partial charge in [0.25, 0.3) is 5.91 Å². The van der Waals surface area contributed by atoms with Crippen molar-refractivity contribution in [2.45, 2.75) is 30.3 Å². The Morgan fingerprint density at radius 2 is 1.76 bits per heavy atom. The van der Waals surface area contributed by atoms with Crippen LogP contribution in [0.2, 0.25) is 0 Å². The fourth-order valence-corrected chi connectivity index (χ4v) is 4.36. The first-order chi connectivity index (χ1) is 13.9. The second kappa shape index (κ2) is 8.10. The molecule has 1 aliphatic carbocycles. The molecule has 2 aromatic carbocycles. The molecule has 1 fully saturated rings. The van der Waals surface area contributed by atoms with E-state index in [2.05, 4.69) is 31.1 Å². The van der Waals surface area contributed by atoms with Gasteiger partial charge in [0.2, 0.25) is 10.0 Å². The Bertz CT molecular complexity index is 1120. The van der Waals surface area contributed by atoms with Gasteiger partial charge in [0.05, 0.1) is 17.6 Å². The van der Waals surface area contributed by atoms with Crippen LogP contribution in [0.15, 0.2) is 70.2 Å². The van der Waals surface area contributed by atoms with Crippen molar-refractivity contribution >= 4 is 37.7 Å². The summed E-state index contributed by atoms with van der Waals surface area (Å²) in [5.41, 5.74) is 1.41. The molecule has 1 heterocycles. The van der Waals surface area contributed by atoms with Crippen LogP contribution in [-0.4, -0.2) is 30.1 Å². The number of nitrogens with zero attached hydrogens (tertiary/aromatic N) is 2. The Morgan fingerprint density at radius 3 is 2.41 bits per heavy atom. The fraction of sp³-hybridized carbons (Fsp3) is 0.200. The number of amides is 1. The van der Waals surface area contributed by atoms with Gasteiger partial charge in [0, 0.05) is 22.1 Å². The molecule has 0 radical (unpaired) electrons. The first-order valence-corrected chi connectivity index (χ1v) is 11.4. The lowest BCUT2D eigenvalue weighted by molar-refractivity contribution is 0.102. The molecule has 0 bridgehead atoms. The average molecular weight is 475 g/mol. The highest BCUT2D eigenvalue weighted by atomic mass is 79.9. The molecule has 4 rings (SSSR count). The molecule has 1 amide bonds. The number of halogens is 1. The van der Waals surface area contributed by atoms with Crippen molar-refractivity contribution in [2.75, 3.05) is 5.32 Å². The molecule has 9 heteroatoms. The van der Waals surface area contributed by atoms with Crippen molar-refractivity contribution in [1.29, 1.82) is 0 Å². The highest BCUT2D eigenvalue weighted by molar-refractivity contribution is 9.10. The molecule has 0 unspecified atom stereocenters. The Balaban J connectivity index is 1.44. The van der Waals surface area contributed by atoms with E-state index in [9.17, 15) is 13.2 Å². The van der Waals surface area contributed by atoms with E-state index in [4.69, 9.17) is 0 Å². The van der Waals surface area contributed by atoms with Gasteiger partial charge in [-0.2, -0.15) is 5.10 Å². The van der Waals surface area contributed by atoms with E-state index in [0.717, 1.165) is 22.9 Å². The number of carbonyl (C=O) groups excluding carboxylic acids is 1. The summed E-state index contributed by atoms with van der Waals surface area (Å²) in [6, 6.07) is 15.5. The minimum atomic E-state index is -3.53. The van der Waals surface area contributed by atoms with E-state index in [1.165, 1.54) is 24.3 Å². The predicted octanol–water partition coefficient (Wildman–Crippen LogP) is 3.39. The van der Waals surface area contributed by atoms with Gasteiger partial charge in [-0.1, -0.05) is 28.1 Å². The monoisotopic (exact) mass is 474 g/mol. The summed E-state index contributed by atoms with van der Waals surface area (Å²) in [5.74, 6) is 0.228. The first kappa shape index (κ1) is 19.8. The molecular weight excluding hydrogens is 456 g/mol. The van der Waals surface area contributed by atoms with Crippen molar-refractivity contribution in [3.05, 3.63) is 76.4 Å². The Morgan fingerprint density at radius 1 is 1.07 bits per heavy atom. The maximum atomic E-state index is 12.6. The summed E-state index contributed by atoms with van der Waals surface area (Å²) in [4.78, 5) is 12.7. The van der Waals surface area contributed by atoms with E-state index in [-0.39, 0.29) is 16.8 Å². The molecule has 0 atom stereocenters. The molecule has 1 saturated carbocycles. The number of anilines is 1. The molecule has 150 valence electrons. The molecule has 1 aliphatic rings. The van der Waals surface area contributed by atoms with Crippen LogP contribution in [0.5, 0.6) is 0 Å². The van der Waals surface area contributed by atoms with Gasteiger partial charge in [-0.25, -0.2) is 17.8 Å².